The highest BCUT2D eigenvalue weighted by molar-refractivity contribution is 9.11. The highest BCUT2D eigenvalue weighted by Gasteiger charge is 2.28. The molecular formula is C23H26BrN3O2S. The summed E-state index contributed by atoms with van der Waals surface area (Å²) in [5, 5.41) is 3.14. The van der Waals surface area contributed by atoms with Gasteiger partial charge in [-0.2, -0.15) is 0 Å². The molecule has 1 aromatic heterocycles. The molecule has 1 aromatic carbocycles. The van der Waals surface area contributed by atoms with Crippen LogP contribution in [-0.2, 0) is 9.59 Å². The normalized spacial score (nSPS) is 17.4. The van der Waals surface area contributed by atoms with Crippen molar-refractivity contribution in [1.82, 2.24) is 5.32 Å². The Balaban J connectivity index is 1.64. The lowest BCUT2D eigenvalue weighted by Crippen LogP contribution is -2.45. The van der Waals surface area contributed by atoms with E-state index in [1.165, 1.54) is 6.42 Å². The molecule has 2 amide bonds. The van der Waals surface area contributed by atoms with Crippen LogP contribution in [0.5, 0.6) is 0 Å². The number of aryl methyl sites for hydroxylation is 2. The van der Waals surface area contributed by atoms with Crippen LogP contribution >= 0.6 is 27.3 Å². The first-order chi connectivity index (χ1) is 14.4. The Hall–Kier alpha value is -1.99. The lowest BCUT2D eigenvalue weighted by molar-refractivity contribution is -0.124. The van der Waals surface area contributed by atoms with Gasteiger partial charge in [0, 0.05) is 6.04 Å². The molecule has 2 aromatic rings. The van der Waals surface area contributed by atoms with E-state index in [9.17, 15) is 9.59 Å². The summed E-state index contributed by atoms with van der Waals surface area (Å²) in [6.07, 6.45) is 5.77. The molecule has 1 N–H and O–H groups in total. The first kappa shape index (κ1) is 21.2. The molecule has 2 aliphatic rings. The minimum Gasteiger partial charge on any atom is -0.352 e. The number of amides is 2. The predicted octanol–water partition coefficient (Wildman–Crippen LogP) is 5.43. The second-order valence-corrected chi connectivity index (χ2v) is 10.6. The number of carbonyl (C=O) groups is 2. The first-order valence-corrected chi connectivity index (χ1v) is 12.1. The molecule has 1 aliphatic carbocycles. The van der Waals surface area contributed by atoms with Gasteiger partial charge in [0.2, 0.25) is 11.8 Å². The molecular weight excluding hydrogens is 462 g/mol. The number of anilines is 1. The monoisotopic (exact) mass is 487 g/mol. The number of hydrogen-bond acceptors (Lipinski definition) is 4. The van der Waals surface area contributed by atoms with E-state index in [4.69, 9.17) is 4.99 Å². The Morgan fingerprint density at radius 2 is 1.93 bits per heavy atom. The summed E-state index contributed by atoms with van der Waals surface area (Å²) >= 11 is 5.06. The lowest BCUT2D eigenvalue weighted by Gasteiger charge is -2.26. The van der Waals surface area contributed by atoms with E-state index in [0.717, 1.165) is 56.9 Å². The zero-order valence-electron chi connectivity index (χ0n) is 17.3. The van der Waals surface area contributed by atoms with E-state index in [-0.39, 0.29) is 30.8 Å². The third-order valence-corrected chi connectivity index (χ3v) is 7.56. The van der Waals surface area contributed by atoms with E-state index in [0.29, 0.717) is 5.69 Å². The SMILES string of the molecule is Cc1cc2c(cc1C)N(CC(=O)NC1CCCCC1)C(=O)CC(c1ccc(Br)s1)=N2. The standard InChI is InChI=1S/C23H26BrN3O2S/c1-14-10-17-19(11-15(14)2)27(13-22(28)25-16-6-4-3-5-7-16)23(29)12-18(26-17)20-8-9-21(24)30-20/h8-11,16H,3-7,12-13H2,1-2H3,(H,25,28). The van der Waals surface area contributed by atoms with E-state index in [1.807, 2.05) is 38.1 Å². The first-order valence-electron chi connectivity index (χ1n) is 10.4. The molecule has 2 heterocycles. The van der Waals surface area contributed by atoms with Crippen LogP contribution in [-0.4, -0.2) is 30.1 Å². The van der Waals surface area contributed by atoms with Crippen molar-refractivity contribution in [2.24, 2.45) is 4.99 Å². The van der Waals surface area contributed by atoms with Gasteiger partial charge in [0.15, 0.2) is 0 Å². The van der Waals surface area contributed by atoms with Gasteiger partial charge in [-0.25, -0.2) is 4.99 Å². The number of nitrogens with zero attached hydrogens (tertiary/aromatic N) is 2. The molecule has 30 heavy (non-hydrogen) atoms. The van der Waals surface area contributed by atoms with Crippen LogP contribution in [0.4, 0.5) is 11.4 Å². The second kappa shape index (κ2) is 9.02. The number of halogens is 1. The molecule has 1 aliphatic heterocycles. The van der Waals surface area contributed by atoms with Gasteiger partial charge in [-0.1, -0.05) is 19.3 Å². The summed E-state index contributed by atoms with van der Waals surface area (Å²) in [6, 6.07) is 8.16. The summed E-state index contributed by atoms with van der Waals surface area (Å²) in [7, 11) is 0. The van der Waals surface area contributed by atoms with E-state index >= 15 is 0 Å². The highest BCUT2D eigenvalue weighted by Crippen LogP contribution is 2.36. The van der Waals surface area contributed by atoms with Gasteiger partial charge in [0.1, 0.15) is 6.54 Å². The van der Waals surface area contributed by atoms with Crippen molar-refractivity contribution in [2.75, 3.05) is 11.4 Å². The maximum atomic E-state index is 13.2. The van der Waals surface area contributed by atoms with Crippen molar-refractivity contribution in [2.45, 2.75) is 58.4 Å². The average molecular weight is 488 g/mol. The number of nitrogens with one attached hydrogen (secondary N) is 1. The van der Waals surface area contributed by atoms with Crippen LogP contribution < -0.4 is 10.2 Å². The topological polar surface area (TPSA) is 61.8 Å². The van der Waals surface area contributed by atoms with Crippen LogP contribution in [0.15, 0.2) is 33.0 Å². The molecule has 1 saturated carbocycles. The second-order valence-electron chi connectivity index (χ2n) is 8.15. The van der Waals surface area contributed by atoms with Gasteiger partial charge >= 0.3 is 0 Å². The molecule has 0 saturated heterocycles. The van der Waals surface area contributed by atoms with Crippen molar-refractivity contribution in [3.05, 3.63) is 44.1 Å². The molecule has 0 radical (unpaired) electrons. The summed E-state index contributed by atoms with van der Waals surface area (Å²) in [5.41, 5.74) is 4.40. The number of rotatable bonds is 4. The smallest absolute Gasteiger partial charge is 0.240 e. The number of hydrogen-bond donors (Lipinski definition) is 1. The minimum absolute atomic E-state index is 0.0295. The van der Waals surface area contributed by atoms with Crippen molar-refractivity contribution in [1.29, 1.82) is 0 Å². The third-order valence-electron chi connectivity index (χ3n) is 5.89. The van der Waals surface area contributed by atoms with Crippen LogP contribution in [0, 0.1) is 13.8 Å². The van der Waals surface area contributed by atoms with Gasteiger partial charge < -0.3 is 10.2 Å². The Bertz CT molecular complexity index is 1010. The fourth-order valence-corrected chi connectivity index (χ4v) is 5.47. The van der Waals surface area contributed by atoms with Crippen LogP contribution in [0.1, 0.15) is 54.5 Å². The van der Waals surface area contributed by atoms with Gasteiger partial charge in [-0.3, -0.25) is 9.59 Å². The zero-order valence-corrected chi connectivity index (χ0v) is 19.7. The number of thiophene rings is 1. The predicted molar refractivity (Wildman–Crippen MR) is 126 cm³/mol. The quantitative estimate of drug-likeness (QED) is 0.624. The van der Waals surface area contributed by atoms with E-state index in [1.54, 1.807) is 16.2 Å². The maximum absolute atomic E-state index is 13.2. The summed E-state index contributed by atoms with van der Waals surface area (Å²) in [6.45, 7) is 4.09. The highest BCUT2D eigenvalue weighted by atomic mass is 79.9. The molecule has 4 rings (SSSR count). The van der Waals surface area contributed by atoms with E-state index in [2.05, 4.69) is 21.2 Å². The van der Waals surface area contributed by atoms with Crippen molar-refractivity contribution in [3.63, 3.8) is 0 Å². The zero-order chi connectivity index (χ0) is 21.3. The van der Waals surface area contributed by atoms with Crippen LogP contribution in [0.3, 0.4) is 0 Å². The van der Waals surface area contributed by atoms with Gasteiger partial charge in [-0.15, -0.1) is 11.3 Å². The summed E-state index contributed by atoms with van der Waals surface area (Å²) in [4.78, 5) is 33.5. The lowest BCUT2D eigenvalue weighted by atomic mass is 9.95. The van der Waals surface area contributed by atoms with E-state index < -0.39 is 0 Å². The molecule has 0 spiro atoms. The van der Waals surface area contributed by atoms with Crippen LogP contribution in [0.25, 0.3) is 0 Å². The third kappa shape index (κ3) is 4.67. The average Bonchev–Trinajstić information content (AvgIpc) is 3.10. The van der Waals surface area contributed by atoms with Crippen molar-refractivity contribution >= 4 is 56.2 Å². The van der Waals surface area contributed by atoms with Crippen molar-refractivity contribution in [3.8, 4) is 0 Å². The molecule has 1 fully saturated rings. The van der Waals surface area contributed by atoms with Gasteiger partial charge in [-0.05, 0) is 78.0 Å². The molecule has 158 valence electrons. The van der Waals surface area contributed by atoms with Gasteiger partial charge in [0.25, 0.3) is 0 Å². The molecule has 0 bridgehead atoms. The van der Waals surface area contributed by atoms with Crippen LogP contribution in [0.2, 0.25) is 0 Å². The van der Waals surface area contributed by atoms with Crippen molar-refractivity contribution < 1.29 is 9.59 Å². The number of fused-ring (bicyclic) bond motifs is 1. The number of carbonyl (C=O) groups excluding carboxylic acids is 2. The largest absolute Gasteiger partial charge is 0.352 e. The number of aliphatic imine (C=N–C) groups is 1. The molecule has 5 nitrogen and oxygen atoms in total. The minimum atomic E-state index is -0.0981. The maximum Gasteiger partial charge on any atom is 0.240 e. The Morgan fingerprint density at radius 3 is 2.63 bits per heavy atom. The molecule has 0 atom stereocenters. The number of benzene rings is 1. The van der Waals surface area contributed by atoms with Gasteiger partial charge in [0.05, 0.1) is 32.2 Å². The Morgan fingerprint density at radius 1 is 1.20 bits per heavy atom. The Kier molecular flexibility index (Phi) is 6.39. The summed E-state index contributed by atoms with van der Waals surface area (Å²) < 4.78 is 1.00. The molecule has 7 heteroatoms. The molecule has 0 unspecified atom stereocenters. The summed E-state index contributed by atoms with van der Waals surface area (Å²) in [5.74, 6) is -0.194. The Labute approximate surface area is 189 Å². The fourth-order valence-electron chi connectivity index (χ4n) is 4.10. The fraction of sp³-hybridized carbons (Fsp3) is 0.435.